The number of nitrogens with one attached hydrogen (secondary N) is 1. The van der Waals surface area contributed by atoms with Crippen LogP contribution in [0.1, 0.15) is 58.5 Å². The van der Waals surface area contributed by atoms with Gasteiger partial charge in [-0.05, 0) is 29.3 Å². The molecule has 1 aromatic carbocycles. The molecule has 1 aliphatic carbocycles. The molecule has 0 spiro atoms. The fourth-order valence-corrected chi connectivity index (χ4v) is 3.51. The highest BCUT2D eigenvalue weighted by atomic mass is 15.2. The van der Waals surface area contributed by atoms with Gasteiger partial charge in [0.25, 0.3) is 0 Å². The smallest absolute Gasteiger partial charge is 0.320 e. The predicted molar refractivity (Wildman–Crippen MR) is 94.4 cm³/mol. The van der Waals surface area contributed by atoms with Crippen molar-refractivity contribution in [1.82, 2.24) is 10.0 Å². The molecule has 3 heteroatoms. The minimum atomic E-state index is 0.338. The van der Waals surface area contributed by atoms with Gasteiger partial charge in [0.2, 0.25) is 0 Å². The summed E-state index contributed by atoms with van der Waals surface area (Å²) >= 11 is 0. The Morgan fingerprint density at radius 1 is 1.00 bits per heavy atom. The third kappa shape index (κ3) is 3.59. The van der Waals surface area contributed by atoms with Gasteiger partial charge in [0, 0.05) is 5.82 Å². The third-order valence-electron chi connectivity index (χ3n) is 4.20. The Hall–Kier alpha value is -1.06. The first kappa shape index (κ1) is 16.3. The first-order valence-electron chi connectivity index (χ1n) is 8.22. The zero-order valence-electron chi connectivity index (χ0n) is 14.3. The third-order valence-corrected chi connectivity index (χ3v) is 4.20. The zero-order chi connectivity index (χ0) is 15.6. The highest BCUT2D eigenvalue weighted by molar-refractivity contribution is 6.56. The van der Waals surface area contributed by atoms with E-state index in [1.807, 2.05) is 0 Å². The summed E-state index contributed by atoms with van der Waals surface area (Å²) < 4.78 is 0. The Balaban J connectivity index is 2.35. The van der Waals surface area contributed by atoms with Gasteiger partial charge in [0.15, 0.2) is 0 Å². The van der Waals surface area contributed by atoms with Crippen LogP contribution in [0.4, 0.5) is 0 Å². The van der Waals surface area contributed by atoms with Crippen molar-refractivity contribution >= 4 is 13.1 Å². The second-order valence-corrected chi connectivity index (χ2v) is 6.91. The van der Waals surface area contributed by atoms with E-state index >= 15 is 0 Å². The molecule has 1 atom stereocenters. The first-order chi connectivity index (χ1) is 9.91. The monoisotopic (exact) mass is 284 g/mol. The van der Waals surface area contributed by atoms with Gasteiger partial charge < -0.3 is 10.0 Å². The summed E-state index contributed by atoms with van der Waals surface area (Å²) in [5.74, 6) is 0.424. The molecule has 0 saturated heterocycles. The van der Waals surface area contributed by atoms with E-state index in [2.05, 4.69) is 88.0 Å². The average Bonchev–Trinajstić information content (AvgIpc) is 2.80. The van der Waals surface area contributed by atoms with Crippen molar-refractivity contribution in [2.45, 2.75) is 65.5 Å². The second-order valence-electron chi connectivity index (χ2n) is 6.91. The maximum absolute atomic E-state index is 3.80. The van der Waals surface area contributed by atoms with Gasteiger partial charge in [-0.15, -0.1) is 0 Å². The fraction of sp³-hybridized carbons (Fsp3) is 0.556. The lowest BCUT2D eigenvalue weighted by Gasteiger charge is -2.40. The van der Waals surface area contributed by atoms with Crippen molar-refractivity contribution in [3.63, 3.8) is 0 Å². The molecule has 0 bridgehead atoms. The SMILES string of the molecule is CC(C)NB([C@H]1C=Cc2ccccc21)N(C(C)C)C(C)C. The molecule has 0 unspecified atom stereocenters. The average molecular weight is 284 g/mol. The van der Waals surface area contributed by atoms with Crippen LogP contribution in [0.3, 0.4) is 0 Å². The van der Waals surface area contributed by atoms with Gasteiger partial charge in [0.05, 0.1) is 0 Å². The molecule has 2 nitrogen and oxygen atoms in total. The molecule has 2 rings (SSSR count). The highest BCUT2D eigenvalue weighted by Crippen LogP contribution is 2.33. The van der Waals surface area contributed by atoms with Gasteiger partial charge >= 0.3 is 6.98 Å². The van der Waals surface area contributed by atoms with Gasteiger partial charge in [-0.3, -0.25) is 0 Å². The summed E-state index contributed by atoms with van der Waals surface area (Å²) in [6.45, 7) is 14.0. The summed E-state index contributed by atoms with van der Waals surface area (Å²) in [6, 6.07) is 10.3. The van der Waals surface area contributed by atoms with Crippen molar-refractivity contribution in [2.24, 2.45) is 0 Å². The molecular formula is C18H29BN2. The molecule has 1 N–H and O–H groups in total. The molecule has 0 aliphatic heterocycles. The minimum Gasteiger partial charge on any atom is -0.339 e. The van der Waals surface area contributed by atoms with E-state index in [0.717, 1.165) is 0 Å². The molecule has 0 aromatic heterocycles. The van der Waals surface area contributed by atoms with Crippen LogP contribution in [0.5, 0.6) is 0 Å². The van der Waals surface area contributed by atoms with E-state index in [4.69, 9.17) is 0 Å². The Bertz CT molecular complexity index is 486. The zero-order valence-corrected chi connectivity index (χ0v) is 14.3. The van der Waals surface area contributed by atoms with Crippen LogP contribution in [-0.2, 0) is 0 Å². The van der Waals surface area contributed by atoms with Crippen molar-refractivity contribution in [2.75, 3.05) is 0 Å². The number of fused-ring (bicyclic) bond motifs is 1. The number of allylic oxidation sites excluding steroid dienone is 1. The van der Waals surface area contributed by atoms with Crippen LogP contribution < -0.4 is 5.23 Å². The van der Waals surface area contributed by atoms with Gasteiger partial charge in [-0.1, -0.05) is 78.0 Å². The Labute approximate surface area is 130 Å². The van der Waals surface area contributed by atoms with Crippen LogP contribution in [0.15, 0.2) is 30.3 Å². The summed E-state index contributed by atoms with van der Waals surface area (Å²) in [7, 11) is 0. The Kier molecular flexibility index (Phi) is 5.29. The molecule has 0 heterocycles. The summed E-state index contributed by atoms with van der Waals surface area (Å²) in [6.07, 6.45) is 4.64. The van der Waals surface area contributed by atoms with E-state index in [1.165, 1.54) is 11.1 Å². The molecule has 0 amide bonds. The first-order valence-corrected chi connectivity index (χ1v) is 8.22. The number of hydrogen-bond acceptors (Lipinski definition) is 2. The number of hydrogen-bond donors (Lipinski definition) is 1. The van der Waals surface area contributed by atoms with Crippen molar-refractivity contribution < 1.29 is 0 Å². The van der Waals surface area contributed by atoms with E-state index in [9.17, 15) is 0 Å². The van der Waals surface area contributed by atoms with Crippen LogP contribution in [0, 0.1) is 0 Å². The normalized spacial score (nSPS) is 17.3. The quantitative estimate of drug-likeness (QED) is 0.796. The lowest BCUT2D eigenvalue weighted by atomic mass is 9.57. The second kappa shape index (κ2) is 6.80. The van der Waals surface area contributed by atoms with Crippen LogP contribution in [0.2, 0.25) is 0 Å². The van der Waals surface area contributed by atoms with E-state index in [-0.39, 0.29) is 0 Å². The summed E-state index contributed by atoms with van der Waals surface area (Å²) in [4.78, 5) is 2.59. The predicted octanol–water partition coefficient (Wildman–Crippen LogP) is 3.94. The molecule has 0 fully saturated rings. The van der Waals surface area contributed by atoms with Crippen LogP contribution in [0.25, 0.3) is 6.08 Å². The van der Waals surface area contributed by atoms with Gasteiger partial charge in [-0.2, -0.15) is 0 Å². The fourth-order valence-electron chi connectivity index (χ4n) is 3.51. The van der Waals surface area contributed by atoms with Gasteiger partial charge in [0.1, 0.15) is 0 Å². The van der Waals surface area contributed by atoms with Crippen molar-refractivity contribution in [3.05, 3.63) is 41.5 Å². The van der Waals surface area contributed by atoms with E-state index < -0.39 is 0 Å². The Morgan fingerprint density at radius 2 is 1.62 bits per heavy atom. The molecule has 114 valence electrons. The topological polar surface area (TPSA) is 15.3 Å². The number of rotatable bonds is 6. The molecular weight excluding hydrogens is 255 g/mol. The van der Waals surface area contributed by atoms with E-state index in [1.54, 1.807) is 0 Å². The van der Waals surface area contributed by atoms with Crippen molar-refractivity contribution in [3.8, 4) is 0 Å². The molecule has 0 saturated carbocycles. The standard InChI is InChI=1S/C18H29BN2/c1-13(2)20-19(21(14(3)4)15(5)6)18-12-11-16-9-7-8-10-17(16)18/h7-15,18,20H,1-6H3/t18-/m0/s1. The highest BCUT2D eigenvalue weighted by Gasteiger charge is 2.37. The van der Waals surface area contributed by atoms with Crippen LogP contribution >= 0.6 is 0 Å². The molecule has 1 aliphatic rings. The molecule has 1 aromatic rings. The summed E-state index contributed by atoms with van der Waals surface area (Å²) in [5, 5.41) is 3.80. The van der Waals surface area contributed by atoms with Gasteiger partial charge in [-0.25, -0.2) is 0 Å². The molecule has 21 heavy (non-hydrogen) atoms. The number of nitrogens with zero attached hydrogens (tertiary/aromatic N) is 1. The maximum Gasteiger partial charge on any atom is 0.320 e. The lowest BCUT2D eigenvalue weighted by Crippen LogP contribution is -2.60. The largest absolute Gasteiger partial charge is 0.339 e. The van der Waals surface area contributed by atoms with Crippen molar-refractivity contribution in [1.29, 1.82) is 0 Å². The minimum absolute atomic E-state index is 0.338. The Morgan fingerprint density at radius 3 is 2.19 bits per heavy atom. The summed E-state index contributed by atoms with van der Waals surface area (Å²) in [5.41, 5.74) is 2.81. The van der Waals surface area contributed by atoms with E-state index in [0.29, 0.717) is 30.9 Å². The number of benzene rings is 1. The lowest BCUT2D eigenvalue weighted by molar-refractivity contribution is 0.291. The molecule has 0 radical (unpaired) electrons. The maximum atomic E-state index is 3.80. The van der Waals surface area contributed by atoms with Crippen LogP contribution in [-0.4, -0.2) is 29.9 Å².